The summed E-state index contributed by atoms with van der Waals surface area (Å²) in [6.45, 7) is 5.66. The Morgan fingerprint density at radius 3 is 2.50 bits per heavy atom. The normalized spacial score (nSPS) is 20.4. The van der Waals surface area contributed by atoms with Crippen LogP contribution in [0.25, 0.3) is 0 Å². The molecule has 2 nitrogen and oxygen atoms in total. The van der Waals surface area contributed by atoms with Gasteiger partial charge in [-0.3, -0.25) is 4.90 Å². The van der Waals surface area contributed by atoms with Crippen molar-refractivity contribution < 1.29 is 0 Å². The molecule has 2 rings (SSSR count). The Hall–Kier alpha value is -0.860. The highest BCUT2D eigenvalue weighted by Crippen LogP contribution is 2.21. The molecule has 1 heterocycles. The third-order valence-electron chi connectivity index (χ3n) is 3.00. The molecule has 0 radical (unpaired) electrons. The summed E-state index contributed by atoms with van der Waals surface area (Å²) in [4.78, 5) is 2.46. The molecular formula is C12H18N2. The maximum Gasteiger partial charge on any atom is 0.0406 e. The zero-order chi connectivity index (χ0) is 10.0. The zero-order valence-corrected chi connectivity index (χ0v) is 8.96. The van der Waals surface area contributed by atoms with Crippen molar-refractivity contribution >= 4 is 0 Å². The number of rotatable bonds is 3. The molecule has 0 bridgehead atoms. The molecule has 1 N–H and O–H groups in total. The molecule has 0 unspecified atom stereocenters. The topological polar surface area (TPSA) is 15.3 Å². The predicted octanol–water partition coefficient (Wildman–Crippen LogP) is 1.48. The number of likely N-dealkylation sites (tertiary alicyclic amines) is 1. The summed E-state index contributed by atoms with van der Waals surface area (Å²) in [5.74, 6) is 0. The van der Waals surface area contributed by atoms with Crippen LogP contribution in [0.1, 0.15) is 12.5 Å². The Bertz CT molecular complexity index is 288. The van der Waals surface area contributed by atoms with Crippen LogP contribution < -0.4 is 5.32 Å². The van der Waals surface area contributed by atoms with Crippen molar-refractivity contribution in [3.05, 3.63) is 35.9 Å². The lowest BCUT2D eigenvalue weighted by Gasteiger charge is -2.48. The first-order chi connectivity index (χ1) is 6.72. The van der Waals surface area contributed by atoms with Crippen LogP contribution in [-0.4, -0.2) is 30.6 Å². The molecule has 0 atom stereocenters. The first-order valence-electron chi connectivity index (χ1n) is 5.17. The first-order valence-corrected chi connectivity index (χ1v) is 5.17. The van der Waals surface area contributed by atoms with E-state index in [2.05, 4.69) is 47.5 Å². The van der Waals surface area contributed by atoms with E-state index in [4.69, 9.17) is 0 Å². The predicted molar refractivity (Wildman–Crippen MR) is 59.2 cm³/mol. The van der Waals surface area contributed by atoms with Crippen molar-refractivity contribution in [2.75, 3.05) is 20.1 Å². The maximum absolute atomic E-state index is 3.35. The lowest BCUT2D eigenvalue weighted by molar-refractivity contribution is 0.0534. The van der Waals surface area contributed by atoms with Gasteiger partial charge < -0.3 is 5.32 Å². The van der Waals surface area contributed by atoms with E-state index < -0.39 is 0 Å². The van der Waals surface area contributed by atoms with Crippen LogP contribution in [0.4, 0.5) is 0 Å². The number of hydrogen-bond donors (Lipinski definition) is 1. The van der Waals surface area contributed by atoms with Gasteiger partial charge in [-0.1, -0.05) is 30.3 Å². The average Bonchev–Trinajstić information content (AvgIpc) is 2.17. The van der Waals surface area contributed by atoms with Crippen molar-refractivity contribution in [3.8, 4) is 0 Å². The van der Waals surface area contributed by atoms with Gasteiger partial charge in [-0.15, -0.1) is 0 Å². The Morgan fingerprint density at radius 2 is 1.93 bits per heavy atom. The highest BCUT2D eigenvalue weighted by molar-refractivity contribution is 5.15. The fourth-order valence-electron chi connectivity index (χ4n) is 2.05. The van der Waals surface area contributed by atoms with Crippen LogP contribution in [0.3, 0.4) is 0 Å². The van der Waals surface area contributed by atoms with Gasteiger partial charge in [-0.05, 0) is 19.5 Å². The maximum atomic E-state index is 3.35. The van der Waals surface area contributed by atoms with Crippen molar-refractivity contribution in [1.29, 1.82) is 0 Å². The number of likely N-dealkylation sites (N-methyl/N-ethyl adjacent to an activating group) is 1. The quantitative estimate of drug-likeness (QED) is 0.776. The molecule has 14 heavy (non-hydrogen) atoms. The molecule has 1 aromatic rings. The molecule has 1 aliphatic rings. The Morgan fingerprint density at radius 1 is 1.29 bits per heavy atom. The summed E-state index contributed by atoms with van der Waals surface area (Å²) in [5, 5.41) is 3.35. The first kappa shape index (κ1) is 9.69. The molecule has 0 amide bonds. The molecule has 0 saturated carbocycles. The largest absolute Gasteiger partial charge is 0.312 e. The van der Waals surface area contributed by atoms with Gasteiger partial charge in [0.2, 0.25) is 0 Å². The molecule has 1 aromatic carbocycles. The molecule has 76 valence electrons. The van der Waals surface area contributed by atoms with Gasteiger partial charge in [0.25, 0.3) is 0 Å². The molecule has 2 heteroatoms. The highest BCUT2D eigenvalue weighted by atomic mass is 15.3. The molecule has 0 aliphatic carbocycles. The van der Waals surface area contributed by atoms with E-state index in [1.165, 1.54) is 5.56 Å². The third-order valence-corrected chi connectivity index (χ3v) is 3.00. The minimum absolute atomic E-state index is 0.342. The average molecular weight is 190 g/mol. The lowest BCUT2D eigenvalue weighted by atomic mass is 9.92. The number of benzene rings is 1. The molecule has 0 aromatic heterocycles. The van der Waals surface area contributed by atoms with Gasteiger partial charge >= 0.3 is 0 Å². The Kier molecular flexibility index (Phi) is 2.57. The molecular weight excluding hydrogens is 172 g/mol. The van der Waals surface area contributed by atoms with Crippen LogP contribution in [0.2, 0.25) is 0 Å². The van der Waals surface area contributed by atoms with Gasteiger partial charge in [-0.2, -0.15) is 0 Å². The fraction of sp³-hybridized carbons (Fsp3) is 0.500. The summed E-state index contributed by atoms with van der Waals surface area (Å²) in [7, 11) is 2.04. The van der Waals surface area contributed by atoms with Crippen molar-refractivity contribution in [2.45, 2.75) is 19.0 Å². The summed E-state index contributed by atoms with van der Waals surface area (Å²) in [5.41, 5.74) is 1.75. The van der Waals surface area contributed by atoms with E-state index in [1.807, 2.05) is 7.05 Å². The summed E-state index contributed by atoms with van der Waals surface area (Å²) < 4.78 is 0. The molecule has 0 spiro atoms. The number of nitrogens with one attached hydrogen (secondary N) is 1. The van der Waals surface area contributed by atoms with E-state index in [0.29, 0.717) is 5.54 Å². The van der Waals surface area contributed by atoms with Crippen LogP contribution in [0, 0.1) is 0 Å². The minimum atomic E-state index is 0.342. The smallest absolute Gasteiger partial charge is 0.0406 e. The lowest BCUT2D eigenvalue weighted by Crippen LogP contribution is -2.65. The SMILES string of the molecule is CNC1(C)CN(Cc2ccccc2)C1. The van der Waals surface area contributed by atoms with Gasteiger partial charge in [0.15, 0.2) is 0 Å². The molecule has 1 saturated heterocycles. The van der Waals surface area contributed by atoms with E-state index >= 15 is 0 Å². The van der Waals surface area contributed by atoms with E-state index in [-0.39, 0.29) is 0 Å². The summed E-state index contributed by atoms with van der Waals surface area (Å²) >= 11 is 0. The van der Waals surface area contributed by atoms with Crippen molar-refractivity contribution in [2.24, 2.45) is 0 Å². The second kappa shape index (κ2) is 3.71. The molecule has 1 fully saturated rings. The van der Waals surface area contributed by atoms with Crippen LogP contribution in [0.15, 0.2) is 30.3 Å². The third kappa shape index (κ3) is 1.97. The number of nitrogens with zero attached hydrogens (tertiary/aromatic N) is 1. The summed E-state index contributed by atoms with van der Waals surface area (Å²) in [6, 6.07) is 10.7. The Labute approximate surface area is 85.9 Å². The zero-order valence-electron chi connectivity index (χ0n) is 8.96. The van der Waals surface area contributed by atoms with Gasteiger partial charge in [0, 0.05) is 25.2 Å². The second-order valence-corrected chi connectivity index (χ2v) is 4.44. The van der Waals surface area contributed by atoms with Crippen molar-refractivity contribution in [3.63, 3.8) is 0 Å². The van der Waals surface area contributed by atoms with Crippen molar-refractivity contribution in [1.82, 2.24) is 10.2 Å². The fourth-order valence-corrected chi connectivity index (χ4v) is 2.05. The van der Waals surface area contributed by atoms with E-state index in [1.54, 1.807) is 0 Å². The standard InChI is InChI=1S/C12H18N2/c1-12(13-2)9-14(10-12)8-11-6-4-3-5-7-11/h3-7,13H,8-10H2,1-2H3. The van der Waals surface area contributed by atoms with E-state index in [9.17, 15) is 0 Å². The Balaban J connectivity index is 1.85. The van der Waals surface area contributed by atoms with Crippen LogP contribution in [0.5, 0.6) is 0 Å². The number of hydrogen-bond acceptors (Lipinski definition) is 2. The monoisotopic (exact) mass is 190 g/mol. The highest BCUT2D eigenvalue weighted by Gasteiger charge is 2.36. The van der Waals surface area contributed by atoms with Gasteiger partial charge in [0.05, 0.1) is 0 Å². The van der Waals surface area contributed by atoms with Crippen LogP contribution >= 0.6 is 0 Å². The van der Waals surface area contributed by atoms with Crippen LogP contribution in [-0.2, 0) is 6.54 Å². The van der Waals surface area contributed by atoms with Gasteiger partial charge in [-0.25, -0.2) is 0 Å². The summed E-state index contributed by atoms with van der Waals surface area (Å²) in [6.07, 6.45) is 0. The second-order valence-electron chi connectivity index (χ2n) is 4.44. The molecule has 1 aliphatic heterocycles. The van der Waals surface area contributed by atoms with Gasteiger partial charge in [0.1, 0.15) is 0 Å². The minimum Gasteiger partial charge on any atom is -0.312 e. The van der Waals surface area contributed by atoms with E-state index in [0.717, 1.165) is 19.6 Å².